The zero-order valence-corrected chi connectivity index (χ0v) is 34.7. The average Bonchev–Trinajstić information content (AvgIpc) is 3.11. The Morgan fingerprint density at radius 1 is 0.741 bits per heavy atom. The van der Waals surface area contributed by atoms with Crippen LogP contribution in [0.4, 0.5) is 0 Å². The van der Waals surface area contributed by atoms with E-state index in [2.05, 4.69) is 78.0 Å². The Hall–Kier alpha value is -3.06. The monoisotopic (exact) mass is 763 g/mol. The molecule has 12 nitrogen and oxygen atoms in total. The lowest BCUT2D eigenvalue weighted by Gasteiger charge is -2.36. The van der Waals surface area contributed by atoms with E-state index in [1.165, 1.54) is 5.56 Å². The summed E-state index contributed by atoms with van der Waals surface area (Å²) in [6, 6.07) is 7.45. The predicted molar refractivity (Wildman–Crippen MR) is 214 cm³/mol. The predicted octanol–water partition coefficient (Wildman–Crippen LogP) is 5.77. The van der Waals surface area contributed by atoms with Gasteiger partial charge in [-0.3, -0.25) is 19.2 Å². The zero-order valence-electron chi connectivity index (χ0n) is 34.7. The Morgan fingerprint density at radius 3 is 1.78 bits per heavy atom. The number of amides is 3. The smallest absolute Gasteiger partial charge is 0.320 e. The van der Waals surface area contributed by atoms with Gasteiger partial charge in [0.25, 0.3) is 0 Å². The Balaban J connectivity index is 2.66. The average molecular weight is 763 g/mol. The molecule has 310 valence electrons. The molecule has 12 heteroatoms. The Labute approximate surface area is 326 Å². The Morgan fingerprint density at radius 2 is 1.26 bits per heavy atom. The topological polar surface area (TPSA) is 161 Å². The van der Waals surface area contributed by atoms with Gasteiger partial charge in [0.05, 0.1) is 26.4 Å². The molecule has 0 aliphatic heterocycles. The fraction of sp³-hybridized carbons (Fsp3) is 0.762. The first-order valence-corrected chi connectivity index (χ1v) is 20.2. The number of nitrogens with two attached hydrogens (primary N) is 1. The van der Waals surface area contributed by atoms with Crippen LogP contribution in [0, 0.1) is 17.8 Å². The number of carbonyl (C=O) groups is 4. The van der Waals surface area contributed by atoms with Crippen LogP contribution in [0.25, 0.3) is 0 Å². The van der Waals surface area contributed by atoms with Crippen molar-refractivity contribution in [3.05, 3.63) is 35.4 Å². The molecule has 0 aliphatic carbocycles. The lowest BCUT2D eigenvalue weighted by atomic mass is 9.91. The normalized spacial score (nSPS) is 12.4. The van der Waals surface area contributed by atoms with E-state index in [0.29, 0.717) is 130 Å². The molecule has 0 unspecified atom stereocenters. The van der Waals surface area contributed by atoms with E-state index in [0.717, 1.165) is 18.4 Å². The van der Waals surface area contributed by atoms with Gasteiger partial charge in [-0.05, 0) is 63.9 Å². The highest BCUT2D eigenvalue weighted by Crippen LogP contribution is 2.23. The number of carboxylic acids is 1. The summed E-state index contributed by atoms with van der Waals surface area (Å²) in [5.41, 5.74) is 7.24. The van der Waals surface area contributed by atoms with Gasteiger partial charge in [0.1, 0.15) is 6.04 Å². The number of hydrogen-bond donors (Lipinski definition) is 3. The molecule has 0 heterocycles. The van der Waals surface area contributed by atoms with E-state index in [4.69, 9.17) is 25.1 Å². The molecule has 1 atom stereocenters. The van der Waals surface area contributed by atoms with Crippen molar-refractivity contribution in [3.8, 4) is 0 Å². The quantitative estimate of drug-likeness (QED) is 0.0775. The molecule has 0 fully saturated rings. The molecule has 54 heavy (non-hydrogen) atoms. The second-order valence-electron chi connectivity index (χ2n) is 16.2. The second kappa shape index (κ2) is 27.5. The molecule has 0 saturated carbocycles. The van der Waals surface area contributed by atoms with Crippen molar-refractivity contribution < 1.29 is 38.5 Å². The van der Waals surface area contributed by atoms with Crippen molar-refractivity contribution in [2.45, 2.75) is 125 Å². The van der Waals surface area contributed by atoms with Crippen LogP contribution in [-0.4, -0.2) is 117 Å². The van der Waals surface area contributed by atoms with Crippen LogP contribution in [0.15, 0.2) is 24.3 Å². The summed E-state index contributed by atoms with van der Waals surface area (Å²) in [7, 11) is 0. The van der Waals surface area contributed by atoms with Gasteiger partial charge in [-0.2, -0.15) is 0 Å². The highest BCUT2D eigenvalue weighted by atomic mass is 16.5. The number of carbonyl (C=O) groups excluding carboxylic acids is 3. The first-order chi connectivity index (χ1) is 25.6. The van der Waals surface area contributed by atoms with E-state index < -0.39 is 12.0 Å². The highest BCUT2D eigenvalue weighted by molar-refractivity contribution is 5.77. The van der Waals surface area contributed by atoms with Crippen LogP contribution in [0.5, 0.6) is 0 Å². The lowest BCUT2D eigenvalue weighted by Crippen LogP contribution is -2.44. The molecular weight excluding hydrogens is 688 g/mol. The maximum absolute atomic E-state index is 13.4. The third-order valence-electron chi connectivity index (χ3n) is 9.01. The third-order valence-corrected chi connectivity index (χ3v) is 9.01. The van der Waals surface area contributed by atoms with Crippen molar-refractivity contribution in [2.24, 2.45) is 16.6 Å². The molecule has 1 rings (SSSR count). The fourth-order valence-corrected chi connectivity index (χ4v) is 5.97. The molecule has 0 aromatic heterocycles. The summed E-state index contributed by atoms with van der Waals surface area (Å²) >= 11 is 0. The minimum atomic E-state index is -1.01. The second-order valence-corrected chi connectivity index (χ2v) is 16.2. The molecule has 0 spiro atoms. The summed E-state index contributed by atoms with van der Waals surface area (Å²) in [5, 5.41) is 11.7. The van der Waals surface area contributed by atoms with E-state index in [9.17, 15) is 19.2 Å². The summed E-state index contributed by atoms with van der Waals surface area (Å²) < 4.78 is 17.8. The largest absolute Gasteiger partial charge is 0.480 e. The lowest BCUT2D eigenvalue weighted by molar-refractivity contribution is -0.139. The van der Waals surface area contributed by atoms with E-state index >= 15 is 0 Å². The zero-order chi connectivity index (χ0) is 40.4. The molecule has 4 N–H and O–H groups in total. The maximum Gasteiger partial charge on any atom is 0.320 e. The van der Waals surface area contributed by atoms with Crippen molar-refractivity contribution in [1.29, 1.82) is 0 Å². The van der Waals surface area contributed by atoms with Gasteiger partial charge in [-0.25, -0.2) is 0 Å². The minimum absolute atomic E-state index is 0.0313. The summed E-state index contributed by atoms with van der Waals surface area (Å²) in [4.78, 5) is 53.7. The van der Waals surface area contributed by atoms with Gasteiger partial charge in [0, 0.05) is 76.0 Å². The van der Waals surface area contributed by atoms with Crippen LogP contribution < -0.4 is 11.1 Å². The van der Waals surface area contributed by atoms with E-state index in [1.54, 1.807) is 0 Å². The van der Waals surface area contributed by atoms with Crippen LogP contribution in [-0.2, 0) is 39.8 Å². The van der Waals surface area contributed by atoms with Gasteiger partial charge in [-0.1, -0.05) is 71.4 Å². The number of nitrogens with one attached hydrogen (secondary N) is 1. The van der Waals surface area contributed by atoms with Gasteiger partial charge in [0.15, 0.2) is 0 Å². The molecule has 0 saturated heterocycles. The van der Waals surface area contributed by atoms with Gasteiger partial charge >= 0.3 is 5.97 Å². The summed E-state index contributed by atoms with van der Waals surface area (Å²) in [6.45, 7) is 20.3. The first kappa shape index (κ1) is 49.0. The summed E-state index contributed by atoms with van der Waals surface area (Å²) in [6.07, 6.45) is 6.51. The first-order valence-electron chi connectivity index (χ1n) is 20.2. The third kappa shape index (κ3) is 23.7. The molecule has 1 aromatic rings. The van der Waals surface area contributed by atoms with Gasteiger partial charge < -0.3 is 40.2 Å². The Kier molecular flexibility index (Phi) is 24.9. The number of aryl methyl sites for hydroxylation is 2. The minimum Gasteiger partial charge on any atom is -0.480 e. The van der Waals surface area contributed by atoms with Crippen molar-refractivity contribution in [1.82, 2.24) is 15.1 Å². The molecule has 0 aliphatic rings. The maximum atomic E-state index is 13.4. The van der Waals surface area contributed by atoms with Crippen LogP contribution in [0.2, 0.25) is 0 Å². The molecule has 0 radical (unpaired) electrons. The molecule has 0 bridgehead atoms. The Bertz CT molecular complexity index is 1210. The van der Waals surface area contributed by atoms with Crippen molar-refractivity contribution in [2.75, 3.05) is 72.4 Å². The number of rotatable bonds is 32. The van der Waals surface area contributed by atoms with Crippen molar-refractivity contribution in [3.63, 3.8) is 0 Å². The van der Waals surface area contributed by atoms with Crippen LogP contribution in [0.1, 0.15) is 117 Å². The van der Waals surface area contributed by atoms with Gasteiger partial charge in [-0.15, -0.1) is 0 Å². The van der Waals surface area contributed by atoms with Crippen molar-refractivity contribution >= 4 is 23.7 Å². The van der Waals surface area contributed by atoms with E-state index in [-0.39, 0.29) is 28.6 Å². The van der Waals surface area contributed by atoms with E-state index in [1.807, 2.05) is 9.80 Å². The number of ether oxygens (including phenoxy) is 3. The van der Waals surface area contributed by atoms with Crippen LogP contribution in [0.3, 0.4) is 0 Å². The number of unbranched alkanes of at least 4 members (excludes halogenated alkanes) is 2. The van der Waals surface area contributed by atoms with Crippen LogP contribution >= 0.6 is 0 Å². The SMILES string of the molecule is CCCOCCN(CC(C)(C)COCC(C)(C)CN(CCOCCC)C(=O)CCc1ccc(C)cc1)C(=O)CCCCC(=O)NCCCC[C@H](N)C(=O)O. The number of carboxylic acid groups (broad SMARTS) is 1. The highest BCUT2D eigenvalue weighted by Gasteiger charge is 2.29. The fourth-order valence-electron chi connectivity index (χ4n) is 5.97. The number of aliphatic carboxylic acids is 1. The molecule has 1 aromatic carbocycles. The standard InChI is InChI=1S/C42H74N4O8/c1-8-26-52-28-24-45(38(48)16-11-10-15-37(47)44-23-13-12-14-36(43)40(50)51)30-41(4,5)32-54-33-42(6,7)31-46(25-29-53-27-9-2)39(49)22-21-35-19-17-34(3)18-20-35/h17-20,36H,8-16,21-33,43H2,1-7H3,(H,44,47)(H,50,51)/t36-/m0/s1. The number of nitrogens with zero attached hydrogens (tertiary/aromatic N) is 2. The molecule has 3 amide bonds. The number of benzene rings is 1. The molecular formula is C42H74N4O8. The van der Waals surface area contributed by atoms with Gasteiger partial charge in [0.2, 0.25) is 17.7 Å². The summed E-state index contributed by atoms with van der Waals surface area (Å²) in [5.74, 6) is -0.946. The number of hydrogen-bond acceptors (Lipinski definition) is 8.